The van der Waals surface area contributed by atoms with Gasteiger partial charge in [0.05, 0.1) is 11.8 Å². The summed E-state index contributed by atoms with van der Waals surface area (Å²) >= 11 is 0. The van der Waals surface area contributed by atoms with Crippen LogP contribution in [0.2, 0.25) is 0 Å². The van der Waals surface area contributed by atoms with Gasteiger partial charge in [0.2, 0.25) is 0 Å². The summed E-state index contributed by atoms with van der Waals surface area (Å²) in [7, 11) is -3.72. The van der Waals surface area contributed by atoms with Crippen LogP contribution >= 0.6 is 0 Å². The summed E-state index contributed by atoms with van der Waals surface area (Å²) in [5.41, 5.74) is 0.216. The normalized spacial score (nSPS) is 10.1. The summed E-state index contributed by atoms with van der Waals surface area (Å²) in [5, 5.41) is 0. The van der Waals surface area contributed by atoms with Crippen LogP contribution in [0, 0.1) is 0 Å². The molecule has 14 heavy (non-hydrogen) atoms. The molecule has 0 N–H and O–H groups in total. The molecule has 0 spiro atoms. The minimum atomic E-state index is -3.72. The van der Waals surface area contributed by atoms with Crippen molar-refractivity contribution in [1.82, 2.24) is 0 Å². The Bertz CT molecular complexity index is 404. The van der Waals surface area contributed by atoms with Crippen molar-refractivity contribution in [2.45, 2.75) is 0 Å². The average Bonchev–Trinajstić information content (AvgIpc) is 2.03. The molecule has 0 bridgehead atoms. The number of benzene rings is 1. The fourth-order valence-corrected chi connectivity index (χ4v) is 1.13. The fraction of sp³-hybridized carbons (Fsp3) is 0.125. The third-order valence-corrected chi connectivity index (χ3v) is 1.69. The average molecular weight is 240 g/mol. The first-order valence-corrected chi connectivity index (χ1v) is 5.29. The van der Waals surface area contributed by atoms with Gasteiger partial charge in [-0.05, 0) is 12.1 Å². The number of carbonyl (C=O) groups excluding carboxylic acids is 1. The van der Waals surface area contributed by atoms with E-state index < -0.39 is 16.1 Å². The molecule has 0 heterocycles. The second kappa shape index (κ2) is 5.99. The van der Waals surface area contributed by atoms with Gasteiger partial charge in [-0.3, -0.25) is 0 Å². The first kappa shape index (κ1) is 14.3. The maximum Gasteiger partial charge on any atom is 1.00 e. The smallest absolute Gasteiger partial charge is 1.00 e. The van der Waals surface area contributed by atoms with Gasteiger partial charge in [-0.15, -0.1) is 0 Å². The van der Waals surface area contributed by atoms with E-state index in [2.05, 4.69) is 4.18 Å². The molecule has 0 unspecified atom stereocenters. The van der Waals surface area contributed by atoms with Crippen LogP contribution in [0.15, 0.2) is 30.3 Å². The van der Waals surface area contributed by atoms with Gasteiger partial charge in [-0.2, -0.15) is 8.42 Å². The number of hydrogen-bond donors (Lipinski definition) is 0. The molecule has 4 nitrogen and oxygen atoms in total. The monoisotopic (exact) mass is 240 g/mol. The molecule has 1 rings (SSSR count). The van der Waals surface area contributed by atoms with Crippen LogP contribution < -0.4 is 51.4 Å². The Hall–Kier alpha value is 0.276. The van der Waals surface area contributed by atoms with Crippen molar-refractivity contribution in [3.63, 3.8) is 0 Å². The van der Waals surface area contributed by atoms with Crippen LogP contribution in [-0.4, -0.2) is 20.6 Å². The Morgan fingerprint density at radius 1 is 1.29 bits per heavy atom. The second-order valence-electron chi connectivity index (χ2n) is 2.44. The summed E-state index contributed by atoms with van der Waals surface area (Å²) in [4.78, 5) is 11.1. The minimum Gasteiger partial charge on any atom is -1.00 e. The number of carbonyl (C=O) groups is 1. The van der Waals surface area contributed by atoms with E-state index in [1.807, 2.05) is 0 Å². The molecule has 0 amide bonds. The van der Waals surface area contributed by atoms with E-state index in [-0.39, 0.29) is 58.4 Å². The second-order valence-corrected chi connectivity index (χ2v) is 4.02. The van der Waals surface area contributed by atoms with Gasteiger partial charge in [-0.25, -0.2) is 4.79 Å². The molecular formula is C8H9KO4S. The van der Waals surface area contributed by atoms with Crippen LogP contribution in [0.25, 0.3) is 0 Å². The van der Waals surface area contributed by atoms with Crippen LogP contribution in [-0.2, 0) is 14.3 Å². The molecule has 0 aliphatic heterocycles. The van der Waals surface area contributed by atoms with Crippen molar-refractivity contribution in [2.24, 2.45) is 0 Å². The van der Waals surface area contributed by atoms with E-state index in [0.717, 1.165) is 6.26 Å². The third-order valence-electron chi connectivity index (χ3n) is 1.24. The van der Waals surface area contributed by atoms with Gasteiger partial charge >= 0.3 is 67.5 Å². The molecular weight excluding hydrogens is 231 g/mol. The Morgan fingerprint density at radius 2 is 1.79 bits per heavy atom. The van der Waals surface area contributed by atoms with E-state index >= 15 is 0 Å². The van der Waals surface area contributed by atoms with Crippen molar-refractivity contribution in [1.29, 1.82) is 0 Å². The molecule has 0 radical (unpaired) electrons. The topological polar surface area (TPSA) is 60.4 Å². The Labute approximate surface area is 127 Å². The predicted octanol–water partition coefficient (Wildman–Crippen LogP) is -2.08. The fourth-order valence-electron chi connectivity index (χ4n) is 0.760. The quantitative estimate of drug-likeness (QED) is 0.440. The molecule has 0 aromatic heterocycles. The van der Waals surface area contributed by atoms with Gasteiger partial charge in [0.15, 0.2) is 0 Å². The zero-order chi connectivity index (χ0) is 9.90. The van der Waals surface area contributed by atoms with Gasteiger partial charge in [0.1, 0.15) is 0 Å². The van der Waals surface area contributed by atoms with Crippen LogP contribution in [0.1, 0.15) is 11.8 Å². The molecule has 0 fully saturated rings. The summed E-state index contributed by atoms with van der Waals surface area (Å²) in [6.45, 7) is 0. The molecule has 0 aliphatic rings. The van der Waals surface area contributed by atoms with Crippen LogP contribution in [0.5, 0.6) is 0 Å². The van der Waals surface area contributed by atoms with Gasteiger partial charge in [0.25, 0.3) is 0 Å². The number of rotatable bonds is 2. The zero-order valence-corrected chi connectivity index (χ0v) is 11.9. The maximum atomic E-state index is 11.1. The molecule has 1 aromatic carbocycles. The molecule has 0 saturated carbocycles. The molecule has 72 valence electrons. The Morgan fingerprint density at radius 3 is 2.21 bits per heavy atom. The summed E-state index contributed by atoms with van der Waals surface area (Å²) in [5.74, 6) is -0.858. The number of hydrogen-bond acceptors (Lipinski definition) is 4. The minimum absolute atomic E-state index is 0. The van der Waals surface area contributed by atoms with Crippen molar-refractivity contribution >= 4 is 16.1 Å². The zero-order valence-electron chi connectivity index (χ0n) is 8.93. The first-order chi connectivity index (χ1) is 5.99. The van der Waals surface area contributed by atoms with E-state index in [4.69, 9.17) is 0 Å². The molecule has 1 aromatic rings. The van der Waals surface area contributed by atoms with E-state index in [1.54, 1.807) is 18.2 Å². The van der Waals surface area contributed by atoms with Crippen molar-refractivity contribution in [3.8, 4) is 0 Å². The summed E-state index contributed by atoms with van der Waals surface area (Å²) < 4.78 is 25.3. The molecule has 0 saturated heterocycles. The summed E-state index contributed by atoms with van der Waals surface area (Å²) in [6, 6.07) is 7.93. The van der Waals surface area contributed by atoms with E-state index in [0.29, 0.717) is 0 Å². The van der Waals surface area contributed by atoms with Crippen LogP contribution in [0.3, 0.4) is 0 Å². The van der Waals surface area contributed by atoms with Crippen molar-refractivity contribution in [2.75, 3.05) is 6.26 Å². The van der Waals surface area contributed by atoms with Gasteiger partial charge in [-0.1, -0.05) is 18.2 Å². The molecule has 0 atom stereocenters. The van der Waals surface area contributed by atoms with Gasteiger partial charge < -0.3 is 5.61 Å². The van der Waals surface area contributed by atoms with Crippen LogP contribution in [0.4, 0.5) is 0 Å². The SMILES string of the molecule is CS(=O)(=O)OC(=O)c1ccccc1.[H-].[K+]. The van der Waals surface area contributed by atoms with E-state index in [1.165, 1.54) is 12.1 Å². The van der Waals surface area contributed by atoms with Crippen molar-refractivity contribution < 1.29 is 70.2 Å². The van der Waals surface area contributed by atoms with Gasteiger partial charge in [0, 0.05) is 0 Å². The standard InChI is InChI=1S/C8H8O4S.K.H/c1-13(10,11)12-8(9)7-5-3-2-4-6-7;;/h2-6H,1H3;;/q;+1;-1. The maximum absolute atomic E-state index is 11.1. The van der Waals surface area contributed by atoms with Crippen molar-refractivity contribution in [3.05, 3.63) is 35.9 Å². The summed E-state index contributed by atoms with van der Waals surface area (Å²) in [6.07, 6.45) is 0.827. The Balaban J connectivity index is 0. The first-order valence-electron chi connectivity index (χ1n) is 3.48. The largest absolute Gasteiger partial charge is 1.00 e. The van der Waals surface area contributed by atoms with E-state index in [9.17, 15) is 13.2 Å². The Kier molecular flexibility index (Phi) is 6.11. The third kappa shape index (κ3) is 5.23. The predicted molar refractivity (Wildman–Crippen MR) is 47.8 cm³/mol. The molecule has 6 heteroatoms. The molecule has 0 aliphatic carbocycles.